The number of rotatable bonds is 3. The number of pyridine rings is 3. The van der Waals surface area contributed by atoms with Crippen LogP contribution in [-0.2, 0) is 6.42 Å². The van der Waals surface area contributed by atoms with E-state index in [-0.39, 0.29) is 11.2 Å². The fourth-order valence-corrected chi connectivity index (χ4v) is 2.72. The van der Waals surface area contributed by atoms with Gasteiger partial charge in [0.2, 0.25) is 0 Å². The first-order valence-corrected chi connectivity index (χ1v) is 7.52. The summed E-state index contributed by atoms with van der Waals surface area (Å²) in [6.45, 7) is 3.89. The van der Waals surface area contributed by atoms with Crippen molar-refractivity contribution in [1.29, 1.82) is 0 Å². The van der Waals surface area contributed by atoms with Crippen LogP contribution in [0, 0.1) is 6.92 Å². The zero-order valence-electron chi connectivity index (χ0n) is 13.4. The maximum absolute atomic E-state index is 12.8. The molecule has 0 aliphatic rings. The monoisotopic (exact) mass is 309 g/mol. The minimum Gasteiger partial charge on any atom is -0.393 e. The Morgan fingerprint density at radius 3 is 2.74 bits per heavy atom. The molecule has 0 saturated carbocycles. The predicted octanol–water partition coefficient (Wildman–Crippen LogP) is 2.28. The van der Waals surface area contributed by atoms with Crippen LogP contribution >= 0.6 is 0 Å². The van der Waals surface area contributed by atoms with Gasteiger partial charge in [0.05, 0.1) is 17.1 Å². The molecule has 23 heavy (non-hydrogen) atoms. The predicted molar refractivity (Wildman–Crippen MR) is 93.2 cm³/mol. The van der Waals surface area contributed by atoms with E-state index in [2.05, 4.69) is 15.3 Å². The fraction of sp³-hybridized carbons (Fsp3) is 0.235. The van der Waals surface area contributed by atoms with Gasteiger partial charge in [-0.2, -0.15) is 0 Å². The summed E-state index contributed by atoms with van der Waals surface area (Å²) in [5, 5.41) is 3.83. The Balaban J connectivity index is 2.52. The Labute approximate surface area is 134 Å². The topological polar surface area (TPSA) is 85.8 Å². The first-order chi connectivity index (χ1) is 11.1. The molecule has 0 saturated heterocycles. The lowest BCUT2D eigenvalue weighted by atomic mass is 10.1. The zero-order chi connectivity index (χ0) is 16.6. The number of aromatic nitrogens is 3. The maximum Gasteiger partial charge on any atom is 0.282 e. The van der Waals surface area contributed by atoms with Crippen LogP contribution in [0.1, 0.15) is 18.3 Å². The van der Waals surface area contributed by atoms with Crippen molar-refractivity contribution < 1.29 is 0 Å². The van der Waals surface area contributed by atoms with Crippen molar-refractivity contribution in [3.05, 3.63) is 52.2 Å². The van der Waals surface area contributed by atoms with Gasteiger partial charge in [0.25, 0.3) is 5.56 Å². The average Bonchev–Trinajstić information content (AvgIpc) is 2.57. The van der Waals surface area contributed by atoms with Crippen LogP contribution in [0.25, 0.3) is 16.7 Å². The molecule has 3 aromatic heterocycles. The molecule has 0 atom stereocenters. The summed E-state index contributed by atoms with van der Waals surface area (Å²) in [6, 6.07) is 7.55. The molecule has 6 nitrogen and oxygen atoms in total. The van der Waals surface area contributed by atoms with Crippen molar-refractivity contribution in [1.82, 2.24) is 14.5 Å². The van der Waals surface area contributed by atoms with Crippen LogP contribution < -0.4 is 16.6 Å². The van der Waals surface area contributed by atoms with Crippen molar-refractivity contribution in [3.8, 4) is 5.69 Å². The largest absolute Gasteiger partial charge is 0.393 e. The van der Waals surface area contributed by atoms with Gasteiger partial charge in [-0.15, -0.1) is 0 Å². The van der Waals surface area contributed by atoms with E-state index in [1.165, 1.54) is 0 Å². The molecule has 3 heterocycles. The summed E-state index contributed by atoms with van der Waals surface area (Å²) in [6.07, 6.45) is 2.48. The number of hydrogen-bond acceptors (Lipinski definition) is 5. The molecular formula is C17H19N5O. The number of nitrogens with two attached hydrogens (primary N) is 1. The number of fused-ring (bicyclic) bond motifs is 1. The lowest BCUT2D eigenvalue weighted by Gasteiger charge is -2.16. The van der Waals surface area contributed by atoms with Gasteiger partial charge in [0, 0.05) is 24.3 Å². The molecule has 3 aromatic rings. The van der Waals surface area contributed by atoms with Crippen LogP contribution in [0.5, 0.6) is 0 Å². The second-order valence-electron chi connectivity index (χ2n) is 5.31. The van der Waals surface area contributed by atoms with E-state index in [4.69, 9.17) is 5.73 Å². The van der Waals surface area contributed by atoms with E-state index in [9.17, 15) is 4.79 Å². The Hall–Kier alpha value is -2.89. The number of nitrogens with one attached hydrogen (secondary N) is 1. The van der Waals surface area contributed by atoms with E-state index >= 15 is 0 Å². The Morgan fingerprint density at radius 2 is 2.09 bits per heavy atom. The van der Waals surface area contributed by atoms with Crippen molar-refractivity contribution >= 4 is 22.4 Å². The highest BCUT2D eigenvalue weighted by Gasteiger charge is 2.17. The van der Waals surface area contributed by atoms with Crippen molar-refractivity contribution in [2.24, 2.45) is 0 Å². The second kappa shape index (κ2) is 5.72. The van der Waals surface area contributed by atoms with Gasteiger partial charge in [-0.3, -0.25) is 14.3 Å². The molecule has 0 aromatic carbocycles. The first-order valence-electron chi connectivity index (χ1n) is 7.52. The molecule has 0 radical (unpaired) electrons. The van der Waals surface area contributed by atoms with Crippen LogP contribution in [0.3, 0.4) is 0 Å². The summed E-state index contributed by atoms with van der Waals surface area (Å²) in [4.78, 5) is 21.8. The zero-order valence-corrected chi connectivity index (χ0v) is 13.4. The number of anilines is 2. The molecule has 3 N–H and O–H groups in total. The summed E-state index contributed by atoms with van der Waals surface area (Å²) < 4.78 is 1.55. The second-order valence-corrected chi connectivity index (χ2v) is 5.31. The highest BCUT2D eigenvalue weighted by atomic mass is 16.1. The smallest absolute Gasteiger partial charge is 0.282 e. The molecule has 0 unspecified atom stereocenters. The Kier molecular flexibility index (Phi) is 3.73. The van der Waals surface area contributed by atoms with Crippen LogP contribution in [0.4, 0.5) is 11.4 Å². The van der Waals surface area contributed by atoms with E-state index in [1.807, 2.05) is 32.0 Å². The number of nitrogen functional groups attached to an aromatic ring is 1. The van der Waals surface area contributed by atoms with E-state index in [1.54, 1.807) is 23.9 Å². The molecule has 0 amide bonds. The molecule has 0 aliphatic carbocycles. The average molecular weight is 309 g/mol. The standard InChI is InChI=1S/C17H19N5O/c1-4-11-7-8-12-15(19-3)14(18)17(23)22(16(12)21-11)13-6-5-9-20-10(13)2/h5-9,19H,4,18H2,1-3H3. The highest BCUT2D eigenvalue weighted by Crippen LogP contribution is 2.27. The van der Waals surface area contributed by atoms with E-state index < -0.39 is 0 Å². The maximum atomic E-state index is 12.8. The van der Waals surface area contributed by atoms with Crippen LogP contribution in [0.15, 0.2) is 35.3 Å². The Bertz CT molecular complexity index is 946. The molecule has 0 spiro atoms. The first kappa shape index (κ1) is 15.0. The Morgan fingerprint density at radius 1 is 1.30 bits per heavy atom. The molecule has 118 valence electrons. The van der Waals surface area contributed by atoms with Crippen LogP contribution in [-0.4, -0.2) is 21.6 Å². The normalized spacial score (nSPS) is 10.9. The van der Waals surface area contributed by atoms with E-state index in [0.29, 0.717) is 17.0 Å². The van der Waals surface area contributed by atoms with Gasteiger partial charge in [0.15, 0.2) is 0 Å². The van der Waals surface area contributed by atoms with Gasteiger partial charge in [-0.05, 0) is 37.6 Å². The molecule has 6 heteroatoms. The van der Waals surface area contributed by atoms with Crippen molar-refractivity contribution in [3.63, 3.8) is 0 Å². The molecule has 0 fully saturated rings. The SMILES string of the molecule is CCc1ccc2c(NC)c(N)c(=O)n(-c3cccnc3C)c2n1. The molecule has 3 rings (SSSR count). The highest BCUT2D eigenvalue weighted by molar-refractivity contribution is 5.96. The summed E-state index contributed by atoms with van der Waals surface area (Å²) >= 11 is 0. The number of nitrogens with zero attached hydrogens (tertiary/aromatic N) is 3. The quantitative estimate of drug-likeness (QED) is 0.775. The number of hydrogen-bond donors (Lipinski definition) is 2. The van der Waals surface area contributed by atoms with Crippen molar-refractivity contribution in [2.45, 2.75) is 20.3 Å². The van der Waals surface area contributed by atoms with Gasteiger partial charge in [0.1, 0.15) is 11.3 Å². The lowest BCUT2D eigenvalue weighted by molar-refractivity contribution is 0.959. The third kappa shape index (κ3) is 2.32. The molecule has 0 bridgehead atoms. The van der Waals surface area contributed by atoms with Crippen molar-refractivity contribution in [2.75, 3.05) is 18.1 Å². The van der Waals surface area contributed by atoms with Gasteiger partial charge >= 0.3 is 0 Å². The summed E-state index contributed by atoms with van der Waals surface area (Å²) in [7, 11) is 1.75. The minimum absolute atomic E-state index is 0.175. The summed E-state index contributed by atoms with van der Waals surface area (Å²) in [5.74, 6) is 0. The van der Waals surface area contributed by atoms with Gasteiger partial charge in [-0.1, -0.05) is 6.92 Å². The fourth-order valence-electron chi connectivity index (χ4n) is 2.72. The van der Waals surface area contributed by atoms with Gasteiger partial charge in [-0.25, -0.2) is 4.98 Å². The molecule has 0 aliphatic heterocycles. The summed E-state index contributed by atoms with van der Waals surface area (Å²) in [5.41, 5.74) is 9.51. The third-order valence-electron chi connectivity index (χ3n) is 3.95. The number of aryl methyl sites for hydroxylation is 2. The van der Waals surface area contributed by atoms with Gasteiger partial charge < -0.3 is 11.1 Å². The van der Waals surface area contributed by atoms with Crippen LogP contribution in [0.2, 0.25) is 0 Å². The molecular weight excluding hydrogens is 290 g/mol. The van der Waals surface area contributed by atoms with E-state index in [0.717, 1.165) is 23.2 Å². The third-order valence-corrected chi connectivity index (χ3v) is 3.95. The minimum atomic E-state index is -0.293. The lowest BCUT2D eigenvalue weighted by Crippen LogP contribution is -2.25.